The van der Waals surface area contributed by atoms with Crippen LogP contribution >= 0.6 is 0 Å². The number of urea groups is 1. The van der Waals surface area contributed by atoms with Gasteiger partial charge >= 0.3 is 6.03 Å². The molecule has 0 fully saturated rings. The topological polar surface area (TPSA) is 56.9 Å². The predicted octanol–water partition coefficient (Wildman–Crippen LogP) is 2.48. The molecule has 2 rings (SSSR count). The first kappa shape index (κ1) is 10.3. The fourth-order valence-corrected chi connectivity index (χ4v) is 1.47. The van der Waals surface area contributed by atoms with Gasteiger partial charge in [-0.15, -0.1) is 6.58 Å². The van der Waals surface area contributed by atoms with Crippen molar-refractivity contribution in [1.82, 2.24) is 10.3 Å². The Bertz CT molecular complexity index is 516. The van der Waals surface area contributed by atoms with E-state index in [1.807, 2.05) is 30.5 Å². The Morgan fingerprint density at radius 3 is 3.12 bits per heavy atom. The van der Waals surface area contributed by atoms with Gasteiger partial charge in [-0.1, -0.05) is 12.1 Å². The third-order valence-corrected chi connectivity index (χ3v) is 2.22. The SMILES string of the molecule is C=CCNC(=O)Nc1ccc2cc[nH]c2c1. The van der Waals surface area contributed by atoms with Gasteiger partial charge < -0.3 is 15.6 Å². The van der Waals surface area contributed by atoms with Crippen molar-refractivity contribution >= 4 is 22.6 Å². The zero-order chi connectivity index (χ0) is 11.4. The molecule has 0 aliphatic heterocycles. The van der Waals surface area contributed by atoms with Crippen molar-refractivity contribution in [3.05, 3.63) is 43.1 Å². The fraction of sp³-hybridized carbons (Fsp3) is 0.0833. The number of fused-ring (bicyclic) bond motifs is 1. The molecule has 0 bridgehead atoms. The van der Waals surface area contributed by atoms with Crippen LogP contribution in [-0.2, 0) is 0 Å². The maximum atomic E-state index is 11.4. The van der Waals surface area contributed by atoms with E-state index < -0.39 is 0 Å². The lowest BCUT2D eigenvalue weighted by molar-refractivity contribution is 0.253. The number of aromatic nitrogens is 1. The second-order valence-corrected chi connectivity index (χ2v) is 3.40. The summed E-state index contributed by atoms with van der Waals surface area (Å²) in [5, 5.41) is 6.51. The molecule has 16 heavy (non-hydrogen) atoms. The van der Waals surface area contributed by atoms with Crippen LogP contribution in [0.2, 0.25) is 0 Å². The summed E-state index contributed by atoms with van der Waals surface area (Å²) in [6, 6.07) is 7.46. The molecule has 0 unspecified atom stereocenters. The van der Waals surface area contributed by atoms with E-state index in [0.717, 1.165) is 16.6 Å². The smallest absolute Gasteiger partial charge is 0.319 e. The van der Waals surface area contributed by atoms with Crippen LogP contribution in [0.1, 0.15) is 0 Å². The van der Waals surface area contributed by atoms with Gasteiger partial charge in [-0.25, -0.2) is 4.79 Å². The van der Waals surface area contributed by atoms with E-state index >= 15 is 0 Å². The summed E-state index contributed by atoms with van der Waals surface area (Å²) in [7, 11) is 0. The van der Waals surface area contributed by atoms with Crippen molar-refractivity contribution in [2.75, 3.05) is 11.9 Å². The Labute approximate surface area is 93.4 Å². The van der Waals surface area contributed by atoms with Gasteiger partial charge in [0.1, 0.15) is 0 Å². The number of nitrogens with one attached hydrogen (secondary N) is 3. The zero-order valence-corrected chi connectivity index (χ0v) is 8.79. The summed E-state index contributed by atoms with van der Waals surface area (Å²) >= 11 is 0. The van der Waals surface area contributed by atoms with Gasteiger partial charge in [-0.3, -0.25) is 0 Å². The average Bonchev–Trinajstić information content (AvgIpc) is 2.73. The molecule has 2 amide bonds. The number of carbonyl (C=O) groups is 1. The molecule has 82 valence electrons. The van der Waals surface area contributed by atoms with Crippen LogP contribution in [0.15, 0.2) is 43.1 Å². The van der Waals surface area contributed by atoms with E-state index in [4.69, 9.17) is 0 Å². The van der Waals surface area contributed by atoms with E-state index in [1.54, 1.807) is 6.08 Å². The number of hydrogen-bond donors (Lipinski definition) is 3. The summed E-state index contributed by atoms with van der Waals surface area (Å²) in [6.45, 7) is 3.98. The van der Waals surface area contributed by atoms with E-state index in [-0.39, 0.29) is 6.03 Å². The van der Waals surface area contributed by atoms with Gasteiger partial charge in [0.05, 0.1) is 0 Å². The van der Waals surface area contributed by atoms with Gasteiger partial charge in [0.15, 0.2) is 0 Å². The summed E-state index contributed by atoms with van der Waals surface area (Å²) in [4.78, 5) is 14.5. The molecule has 0 saturated carbocycles. The molecular weight excluding hydrogens is 202 g/mol. The third-order valence-electron chi connectivity index (χ3n) is 2.22. The summed E-state index contributed by atoms with van der Waals surface area (Å²) < 4.78 is 0. The third kappa shape index (κ3) is 2.23. The van der Waals surface area contributed by atoms with E-state index in [2.05, 4.69) is 22.2 Å². The lowest BCUT2D eigenvalue weighted by Gasteiger charge is -2.05. The molecule has 0 radical (unpaired) electrons. The number of H-pyrrole nitrogens is 1. The highest BCUT2D eigenvalue weighted by atomic mass is 16.2. The van der Waals surface area contributed by atoms with Crippen LogP contribution in [0.25, 0.3) is 10.9 Å². The molecule has 0 spiro atoms. The van der Waals surface area contributed by atoms with Crippen LogP contribution in [-0.4, -0.2) is 17.6 Å². The van der Waals surface area contributed by atoms with Crippen molar-refractivity contribution in [3.8, 4) is 0 Å². The molecule has 1 heterocycles. The number of amides is 2. The number of hydrogen-bond acceptors (Lipinski definition) is 1. The second kappa shape index (κ2) is 4.53. The molecule has 4 heteroatoms. The molecule has 0 saturated heterocycles. The Balaban J connectivity index is 2.08. The lowest BCUT2D eigenvalue weighted by atomic mass is 10.2. The highest BCUT2D eigenvalue weighted by Crippen LogP contribution is 2.17. The molecule has 4 nitrogen and oxygen atoms in total. The Kier molecular flexibility index (Phi) is 2.91. The summed E-state index contributed by atoms with van der Waals surface area (Å²) in [6.07, 6.45) is 3.50. The molecule has 0 aliphatic carbocycles. The van der Waals surface area contributed by atoms with Gasteiger partial charge in [-0.2, -0.15) is 0 Å². The Morgan fingerprint density at radius 1 is 1.44 bits per heavy atom. The molecule has 2 aromatic rings. The summed E-state index contributed by atoms with van der Waals surface area (Å²) in [5.74, 6) is 0. The van der Waals surface area contributed by atoms with Crippen molar-refractivity contribution in [2.45, 2.75) is 0 Å². The summed E-state index contributed by atoms with van der Waals surface area (Å²) in [5.41, 5.74) is 1.76. The monoisotopic (exact) mass is 215 g/mol. The first-order valence-electron chi connectivity index (χ1n) is 5.02. The molecule has 0 atom stereocenters. The van der Waals surface area contributed by atoms with Crippen molar-refractivity contribution in [3.63, 3.8) is 0 Å². The average molecular weight is 215 g/mol. The minimum Gasteiger partial charge on any atom is -0.361 e. The number of anilines is 1. The molecule has 0 aliphatic rings. The van der Waals surface area contributed by atoms with Crippen molar-refractivity contribution < 1.29 is 4.79 Å². The van der Waals surface area contributed by atoms with Crippen molar-refractivity contribution in [1.29, 1.82) is 0 Å². The first-order chi connectivity index (χ1) is 7.79. The largest absolute Gasteiger partial charge is 0.361 e. The molecular formula is C12H13N3O. The lowest BCUT2D eigenvalue weighted by Crippen LogP contribution is -2.28. The minimum atomic E-state index is -0.231. The fourth-order valence-electron chi connectivity index (χ4n) is 1.47. The van der Waals surface area contributed by atoms with Crippen LogP contribution in [0.4, 0.5) is 10.5 Å². The molecule has 1 aromatic heterocycles. The predicted molar refractivity (Wildman–Crippen MR) is 65.5 cm³/mol. The number of benzene rings is 1. The number of rotatable bonds is 3. The standard InChI is InChI=1S/C12H13N3O/c1-2-6-14-12(16)15-10-4-3-9-5-7-13-11(9)8-10/h2-5,7-8,13H,1,6H2,(H2,14,15,16). The molecule has 3 N–H and O–H groups in total. The minimum absolute atomic E-state index is 0.231. The van der Waals surface area contributed by atoms with Gasteiger partial charge in [0, 0.05) is 23.9 Å². The quantitative estimate of drug-likeness (QED) is 0.677. The maximum absolute atomic E-state index is 11.4. The first-order valence-corrected chi connectivity index (χ1v) is 5.02. The van der Waals surface area contributed by atoms with Crippen LogP contribution in [0.5, 0.6) is 0 Å². The molecule has 1 aromatic carbocycles. The van der Waals surface area contributed by atoms with E-state index in [1.165, 1.54) is 0 Å². The van der Waals surface area contributed by atoms with Gasteiger partial charge in [0.2, 0.25) is 0 Å². The van der Waals surface area contributed by atoms with E-state index in [9.17, 15) is 4.79 Å². The Morgan fingerprint density at radius 2 is 2.31 bits per heavy atom. The van der Waals surface area contributed by atoms with E-state index in [0.29, 0.717) is 6.54 Å². The van der Waals surface area contributed by atoms with Crippen molar-refractivity contribution in [2.24, 2.45) is 0 Å². The van der Waals surface area contributed by atoms with Crippen LogP contribution < -0.4 is 10.6 Å². The highest BCUT2D eigenvalue weighted by Gasteiger charge is 2.01. The number of aromatic amines is 1. The van der Waals surface area contributed by atoms with Gasteiger partial charge in [-0.05, 0) is 23.6 Å². The maximum Gasteiger partial charge on any atom is 0.319 e. The number of carbonyl (C=O) groups excluding carboxylic acids is 1. The highest BCUT2D eigenvalue weighted by molar-refractivity contribution is 5.92. The van der Waals surface area contributed by atoms with Crippen LogP contribution in [0, 0.1) is 0 Å². The zero-order valence-electron chi connectivity index (χ0n) is 8.79. The normalized spacial score (nSPS) is 10.0. The van der Waals surface area contributed by atoms with Crippen LogP contribution in [0.3, 0.4) is 0 Å². The Hall–Kier alpha value is -2.23. The second-order valence-electron chi connectivity index (χ2n) is 3.40. The van der Waals surface area contributed by atoms with Gasteiger partial charge in [0.25, 0.3) is 0 Å².